The Bertz CT molecular complexity index is 757. The largest absolute Gasteiger partial charge is 0.350 e. The number of carbonyl (C=O) groups is 2. The molecule has 2 N–H and O–H groups in total. The molecule has 1 aliphatic heterocycles. The zero-order chi connectivity index (χ0) is 18.5. The second-order valence-corrected chi connectivity index (χ2v) is 7.10. The summed E-state index contributed by atoms with van der Waals surface area (Å²) in [5.41, 5.74) is 1.92. The molecule has 2 amide bonds. The number of hydrogen-bond acceptors (Lipinski definition) is 6. The van der Waals surface area contributed by atoms with Crippen molar-refractivity contribution in [2.75, 3.05) is 11.9 Å². The van der Waals surface area contributed by atoms with Gasteiger partial charge in [0.1, 0.15) is 0 Å². The van der Waals surface area contributed by atoms with Gasteiger partial charge in [-0.15, -0.1) is 11.3 Å². The number of amides is 2. The van der Waals surface area contributed by atoms with Gasteiger partial charge in [0.25, 0.3) is 0 Å². The molecule has 0 radical (unpaired) electrons. The van der Waals surface area contributed by atoms with Crippen molar-refractivity contribution in [3.63, 3.8) is 0 Å². The highest BCUT2D eigenvalue weighted by atomic mass is 32.1. The van der Waals surface area contributed by atoms with Crippen molar-refractivity contribution in [2.24, 2.45) is 0 Å². The van der Waals surface area contributed by atoms with Crippen molar-refractivity contribution < 1.29 is 9.59 Å². The van der Waals surface area contributed by atoms with Gasteiger partial charge in [0.2, 0.25) is 11.8 Å². The molecule has 8 nitrogen and oxygen atoms in total. The zero-order valence-electron chi connectivity index (χ0n) is 15.1. The third-order valence-corrected chi connectivity index (χ3v) is 5.15. The number of fused-ring (bicyclic) bond motifs is 1. The van der Waals surface area contributed by atoms with Crippen molar-refractivity contribution in [3.8, 4) is 0 Å². The summed E-state index contributed by atoms with van der Waals surface area (Å²) in [5.74, 6) is -0.00616. The number of rotatable bonds is 7. The first kappa shape index (κ1) is 18.5. The summed E-state index contributed by atoms with van der Waals surface area (Å²) in [6.07, 6.45) is 2.87. The predicted octanol–water partition coefficient (Wildman–Crippen LogP) is 1.60. The molecule has 1 aliphatic rings. The zero-order valence-corrected chi connectivity index (χ0v) is 15.9. The van der Waals surface area contributed by atoms with E-state index in [-0.39, 0.29) is 17.9 Å². The van der Waals surface area contributed by atoms with Crippen LogP contribution in [0.2, 0.25) is 0 Å². The molecule has 3 heterocycles. The number of nitrogens with zero attached hydrogens (tertiary/aromatic N) is 4. The lowest BCUT2D eigenvalue weighted by Crippen LogP contribution is -2.47. The summed E-state index contributed by atoms with van der Waals surface area (Å²) < 4.78 is 1.97. The van der Waals surface area contributed by atoms with Crippen LogP contribution in [0.1, 0.15) is 38.1 Å². The first-order valence-electron chi connectivity index (χ1n) is 8.87. The second kappa shape index (κ2) is 8.41. The molecule has 1 atom stereocenters. The summed E-state index contributed by atoms with van der Waals surface area (Å²) in [7, 11) is 0. The molecule has 0 bridgehead atoms. The van der Waals surface area contributed by atoms with Gasteiger partial charge in [0, 0.05) is 31.1 Å². The van der Waals surface area contributed by atoms with Crippen molar-refractivity contribution in [1.82, 2.24) is 25.0 Å². The Hall–Kier alpha value is -2.26. The maximum absolute atomic E-state index is 12.6. The molecule has 9 heteroatoms. The van der Waals surface area contributed by atoms with E-state index in [0.29, 0.717) is 24.6 Å². The van der Waals surface area contributed by atoms with Crippen LogP contribution in [0.15, 0.2) is 17.6 Å². The fraction of sp³-hybridized carbons (Fsp3) is 0.529. The molecule has 26 heavy (non-hydrogen) atoms. The molecule has 0 fully saturated rings. The van der Waals surface area contributed by atoms with Crippen LogP contribution in [0.25, 0.3) is 0 Å². The number of nitrogens with one attached hydrogen (secondary N) is 2. The molecule has 0 saturated carbocycles. The van der Waals surface area contributed by atoms with E-state index in [2.05, 4.69) is 25.6 Å². The lowest BCUT2D eigenvalue weighted by molar-refractivity contribution is -0.122. The van der Waals surface area contributed by atoms with E-state index in [0.717, 1.165) is 30.9 Å². The highest BCUT2D eigenvalue weighted by Gasteiger charge is 2.29. The minimum absolute atomic E-state index is 0.0162. The summed E-state index contributed by atoms with van der Waals surface area (Å²) >= 11 is 1.42. The fourth-order valence-corrected chi connectivity index (χ4v) is 3.63. The van der Waals surface area contributed by atoms with E-state index in [9.17, 15) is 9.59 Å². The second-order valence-electron chi connectivity index (χ2n) is 6.20. The van der Waals surface area contributed by atoms with Gasteiger partial charge in [-0.3, -0.25) is 19.2 Å². The highest BCUT2D eigenvalue weighted by Crippen LogP contribution is 2.19. The molecular weight excluding hydrogens is 352 g/mol. The highest BCUT2D eigenvalue weighted by molar-refractivity contribution is 7.13. The van der Waals surface area contributed by atoms with Crippen LogP contribution >= 0.6 is 11.3 Å². The van der Waals surface area contributed by atoms with Gasteiger partial charge in [-0.05, 0) is 12.5 Å². The number of carbonyl (C=O) groups excluding carboxylic acids is 2. The van der Waals surface area contributed by atoms with Crippen molar-refractivity contribution in [1.29, 1.82) is 0 Å². The van der Waals surface area contributed by atoms with Gasteiger partial charge >= 0.3 is 0 Å². The Morgan fingerprint density at radius 2 is 2.19 bits per heavy atom. The molecule has 2 aromatic heterocycles. The number of thiazole rings is 1. The van der Waals surface area contributed by atoms with E-state index in [1.807, 2.05) is 30.0 Å². The molecule has 0 aliphatic carbocycles. The molecule has 0 unspecified atom stereocenters. The third-order valence-electron chi connectivity index (χ3n) is 4.46. The first-order valence-corrected chi connectivity index (χ1v) is 9.75. The van der Waals surface area contributed by atoms with Crippen molar-refractivity contribution in [2.45, 2.75) is 52.4 Å². The van der Waals surface area contributed by atoms with Crippen LogP contribution in [0.5, 0.6) is 0 Å². The van der Waals surface area contributed by atoms with Gasteiger partial charge in [-0.1, -0.05) is 13.8 Å². The fourth-order valence-electron chi connectivity index (χ4n) is 3.10. The Kier molecular flexibility index (Phi) is 6.00. The Labute approximate surface area is 156 Å². The SMILES string of the molecule is CCC(=O)NCc1cc2n(n1)CCN([C@H](CC)C(=O)Nc1nccs1)C2. The average molecular weight is 376 g/mol. The standard InChI is InChI=1S/C17H24N6O2S/c1-3-14(16(25)20-17-18-5-8-26-17)22-6-7-23-13(11-22)9-12(21-23)10-19-15(24)4-2/h5,8-9,14H,3-4,6-7,10-11H2,1-2H3,(H,19,24)(H,18,20,25)/t14-/m1/s1. The number of anilines is 1. The van der Waals surface area contributed by atoms with Gasteiger partial charge in [-0.25, -0.2) is 4.98 Å². The van der Waals surface area contributed by atoms with Gasteiger partial charge in [0.15, 0.2) is 5.13 Å². The molecule has 3 rings (SSSR count). The summed E-state index contributed by atoms with van der Waals surface area (Å²) in [4.78, 5) is 30.3. The molecule has 0 spiro atoms. The molecule has 2 aromatic rings. The van der Waals surface area contributed by atoms with Crippen molar-refractivity contribution in [3.05, 3.63) is 29.0 Å². The van der Waals surface area contributed by atoms with Crippen molar-refractivity contribution >= 4 is 28.3 Å². The van der Waals surface area contributed by atoms with Gasteiger partial charge in [-0.2, -0.15) is 5.10 Å². The Balaban J connectivity index is 1.63. The van der Waals surface area contributed by atoms with E-state index in [4.69, 9.17) is 0 Å². The quantitative estimate of drug-likeness (QED) is 0.766. The van der Waals surface area contributed by atoms with E-state index in [1.165, 1.54) is 11.3 Å². The number of aromatic nitrogens is 3. The topological polar surface area (TPSA) is 92.2 Å². The maximum atomic E-state index is 12.6. The smallest absolute Gasteiger partial charge is 0.243 e. The maximum Gasteiger partial charge on any atom is 0.243 e. The van der Waals surface area contributed by atoms with Crippen LogP contribution in [-0.2, 0) is 29.2 Å². The van der Waals surface area contributed by atoms with E-state index < -0.39 is 0 Å². The average Bonchev–Trinajstić information content (AvgIpc) is 3.29. The van der Waals surface area contributed by atoms with Crippen LogP contribution in [-0.4, -0.2) is 44.1 Å². The predicted molar refractivity (Wildman–Crippen MR) is 99.6 cm³/mol. The van der Waals surface area contributed by atoms with Crippen LogP contribution in [0.3, 0.4) is 0 Å². The Morgan fingerprint density at radius 3 is 2.88 bits per heavy atom. The minimum atomic E-state index is -0.203. The van der Waals surface area contributed by atoms with E-state index >= 15 is 0 Å². The number of hydrogen-bond donors (Lipinski definition) is 2. The molecular formula is C17H24N6O2S. The normalized spacial score (nSPS) is 15.3. The van der Waals surface area contributed by atoms with Gasteiger partial charge in [0.05, 0.1) is 30.5 Å². The summed E-state index contributed by atoms with van der Waals surface area (Å²) in [6, 6.07) is 1.80. The van der Waals surface area contributed by atoms with E-state index in [1.54, 1.807) is 6.20 Å². The molecule has 140 valence electrons. The first-order chi connectivity index (χ1) is 12.6. The van der Waals surface area contributed by atoms with Gasteiger partial charge < -0.3 is 10.6 Å². The third kappa shape index (κ3) is 4.28. The summed E-state index contributed by atoms with van der Waals surface area (Å²) in [5, 5.41) is 12.8. The van der Waals surface area contributed by atoms with Crippen LogP contribution in [0.4, 0.5) is 5.13 Å². The van der Waals surface area contributed by atoms with Crippen LogP contribution < -0.4 is 10.6 Å². The Morgan fingerprint density at radius 1 is 1.35 bits per heavy atom. The minimum Gasteiger partial charge on any atom is -0.350 e. The lowest BCUT2D eigenvalue weighted by atomic mass is 10.1. The lowest BCUT2D eigenvalue weighted by Gasteiger charge is -2.33. The summed E-state index contributed by atoms with van der Waals surface area (Å²) in [6.45, 7) is 6.45. The van der Waals surface area contributed by atoms with Crippen LogP contribution in [0, 0.1) is 0 Å². The molecule has 0 aromatic carbocycles. The monoisotopic (exact) mass is 376 g/mol. The molecule has 0 saturated heterocycles.